The molecule has 0 aliphatic heterocycles. The van der Waals surface area contributed by atoms with Gasteiger partial charge in [-0.2, -0.15) is 0 Å². The molecule has 3 N–H and O–H groups in total. The third kappa shape index (κ3) is 4.54. The fraction of sp³-hybridized carbons (Fsp3) is 0.176. The average molecular weight is 316 g/mol. The number of carbonyl (C=O) groups is 2. The molecule has 2 amide bonds. The number of hydrogen-bond donors (Lipinski definition) is 2. The lowest BCUT2D eigenvalue weighted by atomic mass is 10.1. The van der Waals surface area contributed by atoms with Crippen LogP contribution < -0.4 is 15.8 Å². The minimum absolute atomic E-state index is 0.215. The van der Waals surface area contributed by atoms with Gasteiger partial charge in [-0.15, -0.1) is 0 Å². The standard InChI is InChI=1S/C17H17FN2O3/c1-11(12-6-8-13(18)9-7-12)20-16(21)10-23-15-5-3-2-4-14(15)17(19)22/h2-9,11H,10H2,1H3,(H2,19,22)(H,20,21)/t11-/m1/s1. The molecule has 2 rings (SSSR count). The smallest absolute Gasteiger partial charge is 0.258 e. The van der Waals surface area contributed by atoms with Crippen LogP contribution in [0.5, 0.6) is 5.75 Å². The first kappa shape index (κ1) is 16.5. The Balaban J connectivity index is 1.93. The van der Waals surface area contributed by atoms with E-state index in [0.29, 0.717) is 0 Å². The van der Waals surface area contributed by atoms with E-state index in [1.165, 1.54) is 18.2 Å². The van der Waals surface area contributed by atoms with E-state index in [9.17, 15) is 14.0 Å². The van der Waals surface area contributed by atoms with Crippen LogP contribution in [0.3, 0.4) is 0 Å². The van der Waals surface area contributed by atoms with Crippen LogP contribution in [0.25, 0.3) is 0 Å². The van der Waals surface area contributed by atoms with E-state index < -0.39 is 5.91 Å². The molecule has 0 bridgehead atoms. The maximum Gasteiger partial charge on any atom is 0.258 e. The van der Waals surface area contributed by atoms with Gasteiger partial charge >= 0.3 is 0 Å². The number of hydrogen-bond acceptors (Lipinski definition) is 3. The zero-order chi connectivity index (χ0) is 16.8. The van der Waals surface area contributed by atoms with Crippen molar-refractivity contribution >= 4 is 11.8 Å². The zero-order valence-electron chi connectivity index (χ0n) is 12.6. The summed E-state index contributed by atoms with van der Waals surface area (Å²) in [4.78, 5) is 23.2. The number of para-hydroxylation sites is 1. The van der Waals surface area contributed by atoms with E-state index in [1.807, 2.05) is 0 Å². The highest BCUT2D eigenvalue weighted by Crippen LogP contribution is 2.17. The van der Waals surface area contributed by atoms with Crippen LogP contribution in [0.1, 0.15) is 28.9 Å². The van der Waals surface area contributed by atoms with E-state index in [-0.39, 0.29) is 35.7 Å². The predicted molar refractivity (Wildman–Crippen MR) is 83.4 cm³/mol. The summed E-state index contributed by atoms with van der Waals surface area (Å²) in [6.45, 7) is 1.53. The number of ether oxygens (including phenoxy) is 1. The second-order valence-electron chi connectivity index (χ2n) is 4.99. The maximum absolute atomic E-state index is 12.9. The summed E-state index contributed by atoms with van der Waals surface area (Å²) in [5, 5.41) is 2.73. The summed E-state index contributed by atoms with van der Waals surface area (Å²) in [6.07, 6.45) is 0. The average Bonchev–Trinajstić information content (AvgIpc) is 2.53. The van der Waals surface area contributed by atoms with E-state index in [1.54, 1.807) is 37.3 Å². The molecule has 23 heavy (non-hydrogen) atoms. The van der Waals surface area contributed by atoms with Crippen LogP contribution >= 0.6 is 0 Å². The number of rotatable bonds is 6. The molecular formula is C17H17FN2O3. The number of nitrogens with two attached hydrogens (primary N) is 1. The minimum Gasteiger partial charge on any atom is -0.483 e. The van der Waals surface area contributed by atoms with Crippen molar-refractivity contribution in [3.63, 3.8) is 0 Å². The molecule has 6 heteroatoms. The van der Waals surface area contributed by atoms with Crippen molar-refractivity contribution in [2.24, 2.45) is 5.73 Å². The highest BCUT2D eigenvalue weighted by atomic mass is 19.1. The van der Waals surface area contributed by atoms with Crippen molar-refractivity contribution in [1.29, 1.82) is 0 Å². The Morgan fingerprint density at radius 1 is 1.17 bits per heavy atom. The van der Waals surface area contributed by atoms with Crippen LogP contribution in [-0.4, -0.2) is 18.4 Å². The molecule has 0 fully saturated rings. The van der Waals surface area contributed by atoms with Gasteiger partial charge in [0, 0.05) is 0 Å². The first-order chi connectivity index (χ1) is 11.0. The van der Waals surface area contributed by atoms with Gasteiger partial charge in [-0.05, 0) is 36.8 Å². The first-order valence-corrected chi connectivity index (χ1v) is 7.04. The van der Waals surface area contributed by atoms with Crippen molar-refractivity contribution in [3.8, 4) is 5.75 Å². The van der Waals surface area contributed by atoms with Crippen LogP contribution in [-0.2, 0) is 4.79 Å². The summed E-state index contributed by atoms with van der Waals surface area (Å²) >= 11 is 0. The molecule has 0 spiro atoms. The number of amides is 2. The highest BCUT2D eigenvalue weighted by Gasteiger charge is 2.13. The lowest BCUT2D eigenvalue weighted by Gasteiger charge is -2.15. The van der Waals surface area contributed by atoms with Crippen molar-refractivity contribution in [2.45, 2.75) is 13.0 Å². The van der Waals surface area contributed by atoms with Crippen LogP contribution in [0.4, 0.5) is 4.39 Å². The van der Waals surface area contributed by atoms with Crippen LogP contribution in [0.2, 0.25) is 0 Å². The van der Waals surface area contributed by atoms with Gasteiger partial charge in [0.2, 0.25) is 0 Å². The van der Waals surface area contributed by atoms with Crippen LogP contribution in [0, 0.1) is 5.82 Å². The van der Waals surface area contributed by atoms with Gasteiger partial charge < -0.3 is 15.8 Å². The zero-order valence-corrected chi connectivity index (χ0v) is 12.6. The molecule has 2 aromatic carbocycles. The number of nitrogens with one attached hydrogen (secondary N) is 1. The Morgan fingerprint density at radius 2 is 1.83 bits per heavy atom. The normalized spacial score (nSPS) is 11.6. The Hall–Kier alpha value is -2.89. The molecule has 2 aromatic rings. The molecular weight excluding hydrogens is 299 g/mol. The molecule has 1 atom stereocenters. The molecule has 0 heterocycles. The Morgan fingerprint density at radius 3 is 2.48 bits per heavy atom. The van der Waals surface area contributed by atoms with Gasteiger partial charge in [0.05, 0.1) is 11.6 Å². The predicted octanol–water partition coefficient (Wildman–Crippen LogP) is 2.18. The number of carbonyl (C=O) groups excluding carboxylic acids is 2. The van der Waals surface area contributed by atoms with Gasteiger partial charge in [0.1, 0.15) is 11.6 Å². The largest absolute Gasteiger partial charge is 0.483 e. The molecule has 0 saturated carbocycles. The molecule has 0 aromatic heterocycles. The van der Waals surface area contributed by atoms with Gasteiger partial charge in [-0.25, -0.2) is 4.39 Å². The van der Waals surface area contributed by atoms with Gasteiger partial charge in [0.15, 0.2) is 6.61 Å². The number of halogens is 1. The number of benzene rings is 2. The fourth-order valence-corrected chi connectivity index (χ4v) is 2.06. The molecule has 0 radical (unpaired) electrons. The fourth-order valence-electron chi connectivity index (χ4n) is 2.06. The Labute approximate surface area is 133 Å². The van der Waals surface area contributed by atoms with Gasteiger partial charge in [-0.3, -0.25) is 9.59 Å². The van der Waals surface area contributed by atoms with Crippen LogP contribution in [0.15, 0.2) is 48.5 Å². The van der Waals surface area contributed by atoms with Gasteiger partial charge in [0.25, 0.3) is 11.8 Å². The monoisotopic (exact) mass is 316 g/mol. The third-order valence-corrected chi connectivity index (χ3v) is 3.26. The van der Waals surface area contributed by atoms with E-state index in [4.69, 9.17) is 10.5 Å². The first-order valence-electron chi connectivity index (χ1n) is 7.04. The molecule has 0 aliphatic rings. The van der Waals surface area contributed by atoms with Gasteiger partial charge in [-0.1, -0.05) is 24.3 Å². The van der Waals surface area contributed by atoms with Crippen molar-refractivity contribution in [2.75, 3.05) is 6.61 Å². The Bertz CT molecular complexity index is 701. The van der Waals surface area contributed by atoms with E-state index in [2.05, 4.69) is 5.32 Å². The highest BCUT2D eigenvalue weighted by molar-refractivity contribution is 5.95. The molecule has 0 saturated heterocycles. The lowest BCUT2D eigenvalue weighted by Crippen LogP contribution is -2.31. The second kappa shape index (κ2) is 7.40. The summed E-state index contributed by atoms with van der Waals surface area (Å²) in [5.41, 5.74) is 6.23. The third-order valence-electron chi connectivity index (χ3n) is 3.26. The lowest BCUT2D eigenvalue weighted by molar-refractivity contribution is -0.123. The summed E-state index contributed by atoms with van der Waals surface area (Å²) < 4.78 is 18.2. The minimum atomic E-state index is -0.624. The topological polar surface area (TPSA) is 81.4 Å². The van der Waals surface area contributed by atoms with Crippen molar-refractivity contribution in [3.05, 3.63) is 65.5 Å². The Kier molecular flexibility index (Phi) is 5.30. The maximum atomic E-state index is 12.9. The van der Waals surface area contributed by atoms with Crippen molar-refractivity contribution in [1.82, 2.24) is 5.32 Å². The molecule has 0 aliphatic carbocycles. The van der Waals surface area contributed by atoms with Crippen molar-refractivity contribution < 1.29 is 18.7 Å². The summed E-state index contributed by atoms with van der Waals surface area (Å²) in [5.74, 6) is -1.06. The SMILES string of the molecule is C[C@@H](NC(=O)COc1ccccc1C(N)=O)c1ccc(F)cc1. The van der Waals surface area contributed by atoms with E-state index >= 15 is 0 Å². The molecule has 120 valence electrons. The summed E-state index contributed by atoms with van der Waals surface area (Å²) in [7, 11) is 0. The molecule has 0 unspecified atom stereocenters. The molecule has 5 nitrogen and oxygen atoms in total. The quantitative estimate of drug-likeness (QED) is 0.857. The summed E-state index contributed by atoms with van der Waals surface area (Å²) in [6, 6.07) is 12.0. The second-order valence-corrected chi connectivity index (χ2v) is 4.99. The van der Waals surface area contributed by atoms with E-state index in [0.717, 1.165) is 5.56 Å². The number of primary amides is 1.